The number of rotatable bonds is 4. The van der Waals surface area contributed by atoms with Crippen molar-refractivity contribution in [3.05, 3.63) is 29.8 Å². The molecule has 0 aromatic heterocycles. The Bertz CT molecular complexity index is 357. The number of methoxy groups -OCH3 is 1. The number of hydrogen-bond donors (Lipinski definition) is 0. The van der Waals surface area contributed by atoms with E-state index in [1.54, 1.807) is 7.11 Å². The van der Waals surface area contributed by atoms with E-state index < -0.39 is 0 Å². The van der Waals surface area contributed by atoms with Crippen molar-refractivity contribution in [1.29, 1.82) is 5.26 Å². The standard InChI is InChI=1S/C12H16N2O/c1-10(8-13)14(2)9-11-5-4-6-12(7-11)15-3/h4-7,10H,9H2,1-3H3/t10-/m0/s1. The van der Waals surface area contributed by atoms with Gasteiger partial charge in [0.1, 0.15) is 5.75 Å². The van der Waals surface area contributed by atoms with Crippen LogP contribution in [0.25, 0.3) is 0 Å². The van der Waals surface area contributed by atoms with Crippen LogP contribution in [0.2, 0.25) is 0 Å². The van der Waals surface area contributed by atoms with Crippen molar-refractivity contribution >= 4 is 0 Å². The molecule has 3 heteroatoms. The molecule has 0 N–H and O–H groups in total. The maximum Gasteiger partial charge on any atom is 0.119 e. The highest BCUT2D eigenvalue weighted by atomic mass is 16.5. The number of ether oxygens (including phenoxy) is 1. The summed E-state index contributed by atoms with van der Waals surface area (Å²) in [6.45, 7) is 2.64. The van der Waals surface area contributed by atoms with Crippen molar-refractivity contribution in [2.24, 2.45) is 0 Å². The normalized spacial score (nSPS) is 12.2. The van der Waals surface area contributed by atoms with E-state index in [9.17, 15) is 0 Å². The lowest BCUT2D eigenvalue weighted by Crippen LogP contribution is -2.26. The molecule has 0 radical (unpaired) electrons. The molecule has 1 rings (SSSR count). The van der Waals surface area contributed by atoms with Gasteiger partial charge in [0.2, 0.25) is 0 Å². The van der Waals surface area contributed by atoms with Crippen LogP contribution in [0.15, 0.2) is 24.3 Å². The molecule has 15 heavy (non-hydrogen) atoms. The first-order valence-corrected chi connectivity index (χ1v) is 4.90. The zero-order chi connectivity index (χ0) is 11.3. The Morgan fingerprint density at radius 1 is 1.53 bits per heavy atom. The molecular weight excluding hydrogens is 188 g/mol. The van der Waals surface area contributed by atoms with Gasteiger partial charge in [-0.3, -0.25) is 4.90 Å². The molecule has 0 aliphatic heterocycles. The molecule has 0 spiro atoms. The first-order valence-electron chi connectivity index (χ1n) is 4.90. The van der Waals surface area contributed by atoms with Crippen LogP contribution in [0.5, 0.6) is 5.75 Å². The van der Waals surface area contributed by atoms with E-state index in [0.29, 0.717) is 0 Å². The van der Waals surface area contributed by atoms with Gasteiger partial charge in [-0.15, -0.1) is 0 Å². The molecule has 1 aromatic rings. The van der Waals surface area contributed by atoms with E-state index in [2.05, 4.69) is 6.07 Å². The van der Waals surface area contributed by atoms with Crippen molar-refractivity contribution in [3.8, 4) is 11.8 Å². The fourth-order valence-corrected chi connectivity index (χ4v) is 1.29. The molecule has 0 heterocycles. The van der Waals surface area contributed by atoms with Crippen molar-refractivity contribution in [2.45, 2.75) is 19.5 Å². The van der Waals surface area contributed by atoms with Crippen LogP contribution in [0.3, 0.4) is 0 Å². The Labute approximate surface area is 90.9 Å². The fraction of sp³-hybridized carbons (Fsp3) is 0.417. The Morgan fingerprint density at radius 2 is 2.27 bits per heavy atom. The minimum absolute atomic E-state index is 0.0730. The third-order valence-corrected chi connectivity index (χ3v) is 2.41. The zero-order valence-corrected chi connectivity index (χ0v) is 9.40. The molecule has 0 fully saturated rings. The van der Waals surface area contributed by atoms with Gasteiger partial charge in [0.25, 0.3) is 0 Å². The quantitative estimate of drug-likeness (QED) is 0.753. The Kier molecular flexibility index (Phi) is 4.14. The van der Waals surface area contributed by atoms with Crippen molar-refractivity contribution < 1.29 is 4.74 Å². The summed E-state index contributed by atoms with van der Waals surface area (Å²) < 4.78 is 5.14. The van der Waals surface area contributed by atoms with Gasteiger partial charge in [0, 0.05) is 6.54 Å². The van der Waals surface area contributed by atoms with Crippen molar-refractivity contribution in [3.63, 3.8) is 0 Å². The zero-order valence-electron chi connectivity index (χ0n) is 9.40. The maximum absolute atomic E-state index is 8.77. The predicted molar refractivity (Wildman–Crippen MR) is 59.5 cm³/mol. The highest BCUT2D eigenvalue weighted by Crippen LogP contribution is 2.14. The summed E-state index contributed by atoms with van der Waals surface area (Å²) in [6.07, 6.45) is 0. The van der Waals surface area contributed by atoms with E-state index in [1.807, 2.05) is 43.1 Å². The Balaban J connectivity index is 2.68. The lowest BCUT2D eigenvalue weighted by atomic mass is 10.2. The molecule has 0 aliphatic carbocycles. The lowest BCUT2D eigenvalue weighted by Gasteiger charge is -2.18. The summed E-state index contributed by atoms with van der Waals surface area (Å²) in [6, 6.07) is 10.0. The van der Waals surface area contributed by atoms with E-state index in [0.717, 1.165) is 17.9 Å². The molecule has 0 saturated heterocycles. The van der Waals surface area contributed by atoms with Crippen LogP contribution in [0.4, 0.5) is 0 Å². The Morgan fingerprint density at radius 3 is 2.87 bits per heavy atom. The summed E-state index contributed by atoms with van der Waals surface area (Å²) in [5.41, 5.74) is 1.15. The second kappa shape index (κ2) is 5.38. The predicted octanol–water partition coefficient (Wildman–Crippen LogP) is 2.04. The highest BCUT2D eigenvalue weighted by molar-refractivity contribution is 5.28. The SMILES string of the molecule is COc1cccc(CN(C)[C@@H](C)C#N)c1. The monoisotopic (exact) mass is 204 g/mol. The molecule has 0 saturated carbocycles. The average Bonchev–Trinajstić information content (AvgIpc) is 2.28. The second-order valence-corrected chi connectivity index (χ2v) is 3.57. The van der Waals surface area contributed by atoms with E-state index in [1.165, 1.54) is 0 Å². The first kappa shape index (κ1) is 11.5. The summed E-state index contributed by atoms with van der Waals surface area (Å²) in [7, 11) is 3.59. The van der Waals surface area contributed by atoms with Crippen molar-refractivity contribution in [2.75, 3.05) is 14.2 Å². The van der Waals surface area contributed by atoms with Crippen LogP contribution in [-0.2, 0) is 6.54 Å². The van der Waals surface area contributed by atoms with Gasteiger partial charge in [-0.25, -0.2) is 0 Å². The van der Waals surface area contributed by atoms with Crippen LogP contribution in [-0.4, -0.2) is 25.1 Å². The third kappa shape index (κ3) is 3.26. The second-order valence-electron chi connectivity index (χ2n) is 3.57. The molecule has 80 valence electrons. The van der Waals surface area contributed by atoms with Gasteiger partial charge in [0.15, 0.2) is 0 Å². The molecule has 0 amide bonds. The van der Waals surface area contributed by atoms with Gasteiger partial charge in [-0.05, 0) is 31.7 Å². The fourth-order valence-electron chi connectivity index (χ4n) is 1.29. The molecule has 3 nitrogen and oxygen atoms in total. The largest absolute Gasteiger partial charge is 0.497 e. The number of hydrogen-bond acceptors (Lipinski definition) is 3. The van der Waals surface area contributed by atoms with Gasteiger partial charge >= 0.3 is 0 Å². The van der Waals surface area contributed by atoms with Crippen LogP contribution in [0, 0.1) is 11.3 Å². The van der Waals surface area contributed by atoms with Crippen LogP contribution in [0.1, 0.15) is 12.5 Å². The smallest absolute Gasteiger partial charge is 0.119 e. The number of benzene rings is 1. The van der Waals surface area contributed by atoms with Crippen molar-refractivity contribution in [1.82, 2.24) is 4.90 Å². The minimum Gasteiger partial charge on any atom is -0.497 e. The lowest BCUT2D eigenvalue weighted by molar-refractivity contribution is 0.294. The molecule has 1 atom stereocenters. The number of nitrogens with zero attached hydrogens (tertiary/aromatic N) is 2. The molecule has 0 unspecified atom stereocenters. The van der Waals surface area contributed by atoms with Gasteiger partial charge in [0.05, 0.1) is 19.2 Å². The van der Waals surface area contributed by atoms with Gasteiger partial charge in [-0.2, -0.15) is 5.26 Å². The average molecular weight is 204 g/mol. The molecule has 0 bridgehead atoms. The topological polar surface area (TPSA) is 36.3 Å². The molecule has 0 aliphatic rings. The number of nitriles is 1. The Hall–Kier alpha value is -1.53. The van der Waals surface area contributed by atoms with Crippen LogP contribution < -0.4 is 4.74 Å². The molecule has 1 aromatic carbocycles. The molecular formula is C12H16N2O. The van der Waals surface area contributed by atoms with Crippen LogP contribution >= 0.6 is 0 Å². The summed E-state index contributed by atoms with van der Waals surface area (Å²) >= 11 is 0. The maximum atomic E-state index is 8.77. The third-order valence-electron chi connectivity index (χ3n) is 2.41. The first-order chi connectivity index (χ1) is 7.17. The summed E-state index contributed by atoms with van der Waals surface area (Å²) in [5.74, 6) is 0.852. The summed E-state index contributed by atoms with van der Waals surface area (Å²) in [5, 5.41) is 8.77. The van der Waals surface area contributed by atoms with Gasteiger partial charge in [-0.1, -0.05) is 12.1 Å². The van der Waals surface area contributed by atoms with E-state index >= 15 is 0 Å². The minimum atomic E-state index is -0.0730. The summed E-state index contributed by atoms with van der Waals surface area (Å²) in [4.78, 5) is 1.99. The van der Waals surface area contributed by atoms with E-state index in [4.69, 9.17) is 10.00 Å². The van der Waals surface area contributed by atoms with E-state index in [-0.39, 0.29) is 6.04 Å². The highest BCUT2D eigenvalue weighted by Gasteiger charge is 2.08. The van der Waals surface area contributed by atoms with Gasteiger partial charge < -0.3 is 4.74 Å².